The summed E-state index contributed by atoms with van der Waals surface area (Å²) in [5.41, 5.74) is 0.807. The summed E-state index contributed by atoms with van der Waals surface area (Å²) in [6, 6.07) is 11.0. The maximum Gasteiger partial charge on any atom is 0.191 e. The fourth-order valence-electron chi connectivity index (χ4n) is 3.12. The highest BCUT2D eigenvalue weighted by Crippen LogP contribution is 2.24. The van der Waals surface area contributed by atoms with Crippen LogP contribution in [0.3, 0.4) is 0 Å². The smallest absolute Gasteiger partial charge is 0.191 e. The van der Waals surface area contributed by atoms with Crippen LogP contribution < -0.4 is 15.5 Å². The summed E-state index contributed by atoms with van der Waals surface area (Å²) in [6.07, 6.45) is 2.07. The summed E-state index contributed by atoms with van der Waals surface area (Å²) in [5.74, 6) is 0.314. The number of guanidine groups is 1. The van der Waals surface area contributed by atoms with E-state index in [9.17, 15) is 4.39 Å². The third kappa shape index (κ3) is 5.20. The van der Waals surface area contributed by atoms with Crippen LogP contribution in [-0.4, -0.2) is 31.6 Å². The molecular formula is C20H24FN5S. The van der Waals surface area contributed by atoms with Crippen molar-refractivity contribution < 1.29 is 4.39 Å². The average Bonchev–Trinajstić information content (AvgIpc) is 3.22. The average molecular weight is 386 g/mol. The monoisotopic (exact) mass is 385 g/mol. The van der Waals surface area contributed by atoms with E-state index in [-0.39, 0.29) is 6.54 Å². The predicted molar refractivity (Wildman–Crippen MR) is 109 cm³/mol. The summed E-state index contributed by atoms with van der Waals surface area (Å²) < 4.78 is 14.0. The van der Waals surface area contributed by atoms with Gasteiger partial charge in [-0.25, -0.2) is 9.38 Å². The molecule has 1 aliphatic heterocycles. The molecule has 3 rings (SSSR count). The summed E-state index contributed by atoms with van der Waals surface area (Å²) >= 11 is 1.78. The van der Waals surface area contributed by atoms with E-state index < -0.39 is 5.82 Å². The molecule has 0 spiro atoms. The number of benzene rings is 1. The van der Waals surface area contributed by atoms with Gasteiger partial charge in [-0.2, -0.15) is 5.26 Å². The van der Waals surface area contributed by atoms with Crippen LogP contribution in [0.5, 0.6) is 0 Å². The highest BCUT2D eigenvalue weighted by molar-refractivity contribution is 7.14. The van der Waals surface area contributed by atoms with E-state index in [1.165, 1.54) is 11.1 Å². The summed E-state index contributed by atoms with van der Waals surface area (Å²) in [4.78, 5) is 6.94. The number of piperidine rings is 1. The van der Waals surface area contributed by atoms with E-state index in [0.29, 0.717) is 23.1 Å². The molecule has 1 aliphatic rings. The molecule has 0 unspecified atom stereocenters. The Kier molecular flexibility index (Phi) is 6.66. The zero-order valence-electron chi connectivity index (χ0n) is 15.4. The minimum atomic E-state index is -0.391. The van der Waals surface area contributed by atoms with Gasteiger partial charge in [-0.15, -0.1) is 11.3 Å². The Balaban J connectivity index is 1.57. The van der Waals surface area contributed by atoms with Crippen molar-refractivity contribution >= 4 is 22.3 Å². The second kappa shape index (κ2) is 9.38. The first-order valence-corrected chi connectivity index (χ1v) is 10.1. The van der Waals surface area contributed by atoms with Crippen molar-refractivity contribution in [1.29, 1.82) is 5.26 Å². The molecule has 0 atom stereocenters. The molecule has 27 heavy (non-hydrogen) atoms. The van der Waals surface area contributed by atoms with Crippen LogP contribution in [0.25, 0.3) is 0 Å². The Hall–Kier alpha value is -2.59. The summed E-state index contributed by atoms with van der Waals surface area (Å²) in [6.45, 7) is 5.03. The van der Waals surface area contributed by atoms with Crippen LogP contribution in [0.4, 0.5) is 9.39 Å². The molecular weight excluding hydrogens is 361 g/mol. The molecule has 1 saturated heterocycles. The number of hydrogen-bond donors (Lipinski definition) is 2. The van der Waals surface area contributed by atoms with E-state index in [4.69, 9.17) is 5.26 Å². The van der Waals surface area contributed by atoms with Crippen LogP contribution in [0.2, 0.25) is 0 Å². The fraction of sp³-hybridized carbons (Fsp3) is 0.400. The molecule has 2 heterocycles. The number of hydrogen-bond acceptors (Lipinski definition) is 4. The lowest BCUT2D eigenvalue weighted by molar-refractivity contribution is 0.462. The Morgan fingerprint density at radius 1 is 1.37 bits per heavy atom. The number of nitrogens with one attached hydrogen (secondary N) is 2. The van der Waals surface area contributed by atoms with Crippen LogP contribution in [0, 0.1) is 17.1 Å². The molecule has 1 aromatic heterocycles. The molecule has 0 bridgehead atoms. The number of nitriles is 1. The largest absolute Gasteiger partial charge is 0.363 e. The van der Waals surface area contributed by atoms with Gasteiger partial charge in [0.05, 0.1) is 23.2 Å². The third-order valence-electron chi connectivity index (χ3n) is 4.59. The first kappa shape index (κ1) is 19.2. The van der Waals surface area contributed by atoms with E-state index in [1.54, 1.807) is 23.5 Å². The lowest BCUT2D eigenvalue weighted by Gasteiger charge is -2.33. The van der Waals surface area contributed by atoms with Crippen LogP contribution in [0.1, 0.15) is 30.9 Å². The van der Waals surface area contributed by atoms with Crippen molar-refractivity contribution in [3.63, 3.8) is 0 Å². The molecule has 0 radical (unpaired) electrons. The zero-order valence-corrected chi connectivity index (χ0v) is 16.2. The van der Waals surface area contributed by atoms with Crippen molar-refractivity contribution in [1.82, 2.24) is 10.6 Å². The van der Waals surface area contributed by atoms with Gasteiger partial charge >= 0.3 is 0 Å². The van der Waals surface area contributed by atoms with Gasteiger partial charge in [0, 0.05) is 31.2 Å². The second-order valence-electron chi connectivity index (χ2n) is 6.47. The number of thiophene rings is 1. The molecule has 1 aromatic carbocycles. The zero-order chi connectivity index (χ0) is 19.1. The normalized spacial score (nSPS) is 15.4. The molecule has 2 N–H and O–H groups in total. The van der Waals surface area contributed by atoms with Gasteiger partial charge in [0.15, 0.2) is 5.96 Å². The minimum absolute atomic E-state index is 0.237. The van der Waals surface area contributed by atoms with Gasteiger partial charge in [-0.3, -0.25) is 0 Å². The summed E-state index contributed by atoms with van der Waals surface area (Å²) in [5, 5.41) is 19.0. The number of halogens is 1. The lowest BCUT2D eigenvalue weighted by Crippen LogP contribution is -2.48. The highest BCUT2D eigenvalue weighted by Gasteiger charge is 2.20. The number of nitrogens with zero attached hydrogens (tertiary/aromatic N) is 3. The van der Waals surface area contributed by atoms with E-state index in [1.807, 2.05) is 13.0 Å². The first-order chi connectivity index (χ1) is 13.2. The van der Waals surface area contributed by atoms with Crippen molar-refractivity contribution in [3.8, 4) is 6.07 Å². The fourth-order valence-corrected chi connectivity index (χ4v) is 3.90. The van der Waals surface area contributed by atoms with Crippen molar-refractivity contribution in [2.75, 3.05) is 24.5 Å². The van der Waals surface area contributed by atoms with Crippen LogP contribution in [0.15, 0.2) is 40.7 Å². The Morgan fingerprint density at radius 3 is 2.81 bits per heavy atom. The quantitative estimate of drug-likeness (QED) is 0.611. The topological polar surface area (TPSA) is 63.5 Å². The molecule has 5 nitrogen and oxygen atoms in total. The van der Waals surface area contributed by atoms with Crippen LogP contribution in [-0.2, 0) is 6.54 Å². The lowest BCUT2D eigenvalue weighted by atomic mass is 10.1. The van der Waals surface area contributed by atoms with Gasteiger partial charge in [0.2, 0.25) is 0 Å². The van der Waals surface area contributed by atoms with Gasteiger partial charge in [0.1, 0.15) is 5.82 Å². The molecule has 142 valence electrons. The summed E-state index contributed by atoms with van der Waals surface area (Å²) in [7, 11) is 0. The molecule has 7 heteroatoms. The first-order valence-electron chi connectivity index (χ1n) is 9.21. The molecule has 2 aromatic rings. The number of rotatable bonds is 5. The maximum atomic E-state index is 14.0. The van der Waals surface area contributed by atoms with E-state index in [2.05, 4.69) is 38.0 Å². The van der Waals surface area contributed by atoms with Gasteiger partial charge in [-0.05, 0) is 49.4 Å². The van der Waals surface area contributed by atoms with E-state index in [0.717, 1.165) is 32.5 Å². The second-order valence-corrected chi connectivity index (χ2v) is 7.40. The van der Waals surface area contributed by atoms with Gasteiger partial charge in [0.25, 0.3) is 0 Å². The predicted octanol–water partition coefficient (Wildman–Crippen LogP) is 3.48. The van der Waals surface area contributed by atoms with Gasteiger partial charge < -0.3 is 15.5 Å². The van der Waals surface area contributed by atoms with Crippen LogP contribution >= 0.6 is 11.3 Å². The molecule has 0 saturated carbocycles. The Bertz CT molecular complexity index is 804. The molecule has 1 fully saturated rings. The SMILES string of the molecule is CCNC(=NCc1ccc(C#N)cc1F)NC1CCN(c2cccs2)CC1. The van der Waals surface area contributed by atoms with E-state index >= 15 is 0 Å². The highest BCUT2D eigenvalue weighted by atomic mass is 32.1. The van der Waals surface area contributed by atoms with Crippen molar-refractivity contribution in [2.24, 2.45) is 4.99 Å². The molecule has 0 amide bonds. The maximum absolute atomic E-state index is 14.0. The van der Waals surface area contributed by atoms with Gasteiger partial charge in [-0.1, -0.05) is 6.07 Å². The third-order valence-corrected chi connectivity index (χ3v) is 5.52. The number of aliphatic imine (C=N–C) groups is 1. The standard InChI is InChI=1S/C20H24FN5S/c1-2-23-20(24-14-16-6-5-15(13-22)12-18(16)21)25-17-7-9-26(10-8-17)19-4-3-11-27-19/h3-6,11-12,17H,2,7-10,14H2,1H3,(H2,23,24,25). The number of anilines is 1. The van der Waals surface area contributed by atoms with Crippen molar-refractivity contribution in [3.05, 3.63) is 52.7 Å². The molecule has 0 aliphatic carbocycles. The Labute approximate surface area is 163 Å². The van der Waals surface area contributed by atoms with Crippen molar-refractivity contribution in [2.45, 2.75) is 32.4 Å². The minimum Gasteiger partial charge on any atom is -0.363 e. The Morgan fingerprint density at radius 2 is 2.19 bits per heavy atom.